The van der Waals surface area contributed by atoms with Gasteiger partial charge in [-0.15, -0.1) is 11.3 Å². The molecule has 1 aliphatic heterocycles. The molecule has 1 unspecified atom stereocenters. The Morgan fingerprint density at radius 2 is 2.07 bits per heavy atom. The van der Waals surface area contributed by atoms with Crippen molar-refractivity contribution in [1.29, 1.82) is 0 Å². The van der Waals surface area contributed by atoms with E-state index in [0.717, 1.165) is 11.3 Å². The van der Waals surface area contributed by atoms with Crippen molar-refractivity contribution < 1.29 is 17.9 Å². The van der Waals surface area contributed by atoms with Gasteiger partial charge in [-0.1, -0.05) is 0 Å². The molecular weight excluding hydrogens is 412 g/mol. The molecule has 1 fully saturated rings. The molecule has 0 aliphatic carbocycles. The van der Waals surface area contributed by atoms with Gasteiger partial charge in [0.05, 0.1) is 36.0 Å². The van der Waals surface area contributed by atoms with Crippen LogP contribution in [0.15, 0.2) is 35.7 Å². The van der Waals surface area contributed by atoms with E-state index in [9.17, 15) is 13.2 Å². The van der Waals surface area contributed by atoms with Gasteiger partial charge >= 0.3 is 0 Å². The number of rotatable bonds is 5. The van der Waals surface area contributed by atoms with Crippen molar-refractivity contribution >= 4 is 32.2 Å². The number of hydrogen-bond acceptors (Lipinski definition) is 7. The van der Waals surface area contributed by atoms with Crippen molar-refractivity contribution in [3.8, 4) is 17.0 Å². The zero-order valence-electron chi connectivity index (χ0n) is 16.0. The Morgan fingerprint density at radius 3 is 2.66 bits per heavy atom. The molecule has 0 spiro atoms. The first kappa shape index (κ1) is 19.6. The lowest BCUT2D eigenvalue weighted by molar-refractivity contribution is 0.102. The first-order valence-corrected chi connectivity index (χ1v) is 11.7. The summed E-state index contributed by atoms with van der Waals surface area (Å²) in [6.45, 7) is 1.85. The zero-order valence-corrected chi connectivity index (χ0v) is 17.6. The lowest BCUT2D eigenvalue weighted by Gasteiger charge is -2.13. The Kier molecular flexibility index (Phi) is 5.13. The van der Waals surface area contributed by atoms with Gasteiger partial charge < -0.3 is 4.74 Å². The van der Waals surface area contributed by atoms with Crippen LogP contribution in [0.1, 0.15) is 28.6 Å². The minimum Gasteiger partial charge on any atom is -0.497 e. The summed E-state index contributed by atoms with van der Waals surface area (Å²) in [7, 11) is -1.51. The molecule has 1 saturated heterocycles. The standard InChI is InChI=1S/C19H20N4O4S2/c1-12-10-28-19(20-12)21-18(24)16-9-17(13-3-5-15(27-2)6-4-13)23(22-16)14-7-8-29(25,26)11-14/h3-6,9-10,14H,7-8,11H2,1-2H3,(H,20,21,24). The maximum absolute atomic E-state index is 12.7. The number of methoxy groups -OCH3 is 1. The highest BCUT2D eigenvalue weighted by atomic mass is 32.2. The number of thiazole rings is 1. The Balaban J connectivity index is 1.70. The second-order valence-corrected chi connectivity index (χ2v) is 9.98. The summed E-state index contributed by atoms with van der Waals surface area (Å²) >= 11 is 1.34. The quantitative estimate of drug-likeness (QED) is 0.665. The number of aryl methyl sites for hydroxylation is 1. The molecule has 0 radical (unpaired) electrons. The fraction of sp³-hybridized carbons (Fsp3) is 0.316. The number of sulfone groups is 1. The molecule has 29 heavy (non-hydrogen) atoms. The summed E-state index contributed by atoms with van der Waals surface area (Å²) in [6.07, 6.45) is 0.472. The highest BCUT2D eigenvalue weighted by molar-refractivity contribution is 7.91. The van der Waals surface area contributed by atoms with Gasteiger partial charge in [0, 0.05) is 10.9 Å². The second-order valence-electron chi connectivity index (χ2n) is 6.89. The normalized spacial score (nSPS) is 17.9. The van der Waals surface area contributed by atoms with E-state index >= 15 is 0 Å². The summed E-state index contributed by atoms with van der Waals surface area (Å²) in [4.78, 5) is 16.9. The van der Waals surface area contributed by atoms with Crippen LogP contribution in [0.4, 0.5) is 5.13 Å². The third kappa shape index (κ3) is 4.18. The third-order valence-electron chi connectivity index (χ3n) is 4.75. The van der Waals surface area contributed by atoms with Crippen LogP contribution < -0.4 is 10.1 Å². The molecule has 1 aliphatic rings. The molecule has 1 amide bonds. The van der Waals surface area contributed by atoms with Gasteiger partial charge in [-0.3, -0.25) is 14.8 Å². The Hall–Kier alpha value is -2.72. The van der Waals surface area contributed by atoms with Crippen molar-refractivity contribution in [3.63, 3.8) is 0 Å². The molecule has 152 valence electrons. The highest BCUT2D eigenvalue weighted by Gasteiger charge is 2.32. The van der Waals surface area contributed by atoms with Crippen LogP contribution in [0.5, 0.6) is 5.75 Å². The van der Waals surface area contributed by atoms with Crippen LogP contribution in [0.2, 0.25) is 0 Å². The van der Waals surface area contributed by atoms with E-state index in [1.165, 1.54) is 11.3 Å². The molecule has 3 aromatic rings. The van der Waals surface area contributed by atoms with E-state index in [4.69, 9.17) is 4.74 Å². The lowest BCUT2D eigenvalue weighted by atomic mass is 10.1. The summed E-state index contributed by atoms with van der Waals surface area (Å²) < 4.78 is 30.8. The van der Waals surface area contributed by atoms with Crippen LogP contribution in [0, 0.1) is 6.92 Å². The van der Waals surface area contributed by atoms with Crippen molar-refractivity contribution in [3.05, 3.63) is 47.1 Å². The van der Waals surface area contributed by atoms with Gasteiger partial charge in [-0.25, -0.2) is 13.4 Å². The van der Waals surface area contributed by atoms with E-state index in [0.29, 0.717) is 23.0 Å². The molecule has 0 bridgehead atoms. The first-order valence-electron chi connectivity index (χ1n) is 9.02. The number of nitrogens with one attached hydrogen (secondary N) is 1. The van der Waals surface area contributed by atoms with Crippen LogP contribution >= 0.6 is 11.3 Å². The average molecular weight is 433 g/mol. The third-order valence-corrected chi connectivity index (χ3v) is 7.37. The van der Waals surface area contributed by atoms with Crippen molar-refractivity contribution in [1.82, 2.24) is 14.8 Å². The highest BCUT2D eigenvalue weighted by Crippen LogP contribution is 2.31. The molecule has 0 saturated carbocycles. The van der Waals surface area contributed by atoms with Crippen molar-refractivity contribution in [2.75, 3.05) is 23.9 Å². The predicted octanol–water partition coefficient (Wildman–Crippen LogP) is 2.94. The minimum absolute atomic E-state index is 0.0184. The topological polar surface area (TPSA) is 103 Å². The molecule has 1 atom stereocenters. The minimum atomic E-state index is -3.10. The van der Waals surface area contributed by atoms with Crippen molar-refractivity contribution in [2.24, 2.45) is 0 Å². The fourth-order valence-corrected chi connectivity index (χ4v) is 5.68. The number of benzene rings is 1. The smallest absolute Gasteiger partial charge is 0.277 e. The van der Waals surface area contributed by atoms with Crippen LogP contribution in [-0.4, -0.2) is 47.7 Å². The largest absolute Gasteiger partial charge is 0.497 e. The molecule has 3 heterocycles. The Morgan fingerprint density at radius 1 is 1.31 bits per heavy atom. The average Bonchev–Trinajstić information content (AvgIpc) is 3.40. The maximum Gasteiger partial charge on any atom is 0.277 e. The van der Waals surface area contributed by atoms with E-state index in [1.807, 2.05) is 36.6 Å². The monoisotopic (exact) mass is 432 g/mol. The molecule has 2 aromatic heterocycles. The molecule has 4 rings (SSSR count). The van der Waals surface area contributed by atoms with Crippen molar-refractivity contribution in [2.45, 2.75) is 19.4 Å². The van der Waals surface area contributed by atoms with Gasteiger partial charge in [0.2, 0.25) is 0 Å². The lowest BCUT2D eigenvalue weighted by Crippen LogP contribution is -2.16. The summed E-state index contributed by atoms with van der Waals surface area (Å²) in [5, 5.41) is 9.56. The van der Waals surface area contributed by atoms with Gasteiger partial charge in [0.15, 0.2) is 20.7 Å². The summed E-state index contributed by atoms with van der Waals surface area (Å²) in [6, 6.07) is 8.74. The molecule has 8 nitrogen and oxygen atoms in total. The number of carbonyl (C=O) groups excluding carboxylic acids is 1. The van der Waals surface area contributed by atoms with E-state index in [1.54, 1.807) is 17.9 Å². The number of carbonyl (C=O) groups is 1. The van der Waals surface area contributed by atoms with E-state index < -0.39 is 9.84 Å². The maximum atomic E-state index is 12.7. The SMILES string of the molecule is COc1ccc(-c2cc(C(=O)Nc3nc(C)cs3)nn2C2CCS(=O)(=O)C2)cc1. The van der Waals surface area contributed by atoms with Gasteiger partial charge in [-0.05, 0) is 43.7 Å². The van der Waals surface area contributed by atoms with E-state index in [2.05, 4.69) is 15.4 Å². The summed E-state index contributed by atoms with van der Waals surface area (Å²) in [5.41, 5.74) is 2.56. The number of hydrogen-bond donors (Lipinski definition) is 1. The summed E-state index contributed by atoms with van der Waals surface area (Å²) in [5.74, 6) is 0.471. The molecule has 1 N–H and O–H groups in total. The molecular formula is C19H20N4O4S2. The van der Waals surface area contributed by atoms with Gasteiger partial charge in [0.1, 0.15) is 5.75 Å². The molecule has 1 aromatic carbocycles. The number of anilines is 1. The van der Waals surface area contributed by atoms with Gasteiger partial charge in [0.25, 0.3) is 5.91 Å². The van der Waals surface area contributed by atoms with Crippen LogP contribution in [0.3, 0.4) is 0 Å². The Labute approximate surface area is 172 Å². The second kappa shape index (κ2) is 7.60. The Bertz CT molecular complexity index is 1150. The van der Waals surface area contributed by atoms with Crippen LogP contribution in [-0.2, 0) is 9.84 Å². The fourth-order valence-electron chi connectivity index (χ4n) is 3.30. The van der Waals surface area contributed by atoms with Gasteiger partial charge in [-0.2, -0.15) is 5.10 Å². The number of aromatic nitrogens is 3. The predicted molar refractivity (Wildman–Crippen MR) is 111 cm³/mol. The van der Waals surface area contributed by atoms with E-state index in [-0.39, 0.29) is 29.1 Å². The zero-order chi connectivity index (χ0) is 20.6. The van der Waals surface area contributed by atoms with Crippen LogP contribution in [0.25, 0.3) is 11.3 Å². The molecule has 10 heteroatoms. The number of ether oxygens (including phenoxy) is 1. The number of amides is 1. The first-order chi connectivity index (χ1) is 13.8. The number of nitrogens with zero attached hydrogens (tertiary/aromatic N) is 3.